The summed E-state index contributed by atoms with van der Waals surface area (Å²) in [6.07, 6.45) is 0. The van der Waals surface area contributed by atoms with Crippen molar-refractivity contribution >= 4 is 28.6 Å². The van der Waals surface area contributed by atoms with E-state index in [2.05, 4.69) is 4.98 Å². The Morgan fingerprint density at radius 1 is 1.50 bits per heavy atom. The number of carbonyl (C=O) groups excluding carboxylic acids is 1. The maximum absolute atomic E-state index is 12.6. The first-order chi connectivity index (χ1) is 9.54. The maximum Gasteiger partial charge on any atom is 0.266 e. The lowest BCUT2D eigenvalue weighted by atomic mass is 10.2. The van der Waals surface area contributed by atoms with Gasteiger partial charge in [-0.3, -0.25) is 4.79 Å². The number of aromatic nitrogens is 1. The second-order valence-corrected chi connectivity index (χ2v) is 6.54. The predicted molar refractivity (Wildman–Crippen MR) is 83.4 cm³/mol. The Morgan fingerprint density at radius 2 is 2.25 bits per heavy atom. The van der Waals surface area contributed by atoms with Crippen LogP contribution in [0.2, 0.25) is 0 Å². The molecule has 0 aliphatic rings. The monoisotopic (exact) mass is 310 g/mol. The van der Waals surface area contributed by atoms with E-state index in [1.54, 1.807) is 16.2 Å². The second kappa shape index (κ2) is 6.47. The van der Waals surface area contributed by atoms with Gasteiger partial charge in [0.2, 0.25) is 0 Å². The highest BCUT2D eigenvalue weighted by molar-refractivity contribution is 7.17. The quantitative estimate of drug-likeness (QED) is 0.923. The van der Waals surface area contributed by atoms with Crippen molar-refractivity contribution in [1.82, 2.24) is 9.88 Å². The van der Waals surface area contributed by atoms with Crippen molar-refractivity contribution < 1.29 is 9.90 Å². The largest absolute Gasteiger partial charge is 0.395 e. The van der Waals surface area contributed by atoms with Crippen LogP contribution in [0.15, 0.2) is 16.8 Å². The van der Waals surface area contributed by atoms with E-state index in [-0.39, 0.29) is 18.6 Å². The Balaban J connectivity index is 2.30. The van der Waals surface area contributed by atoms with Gasteiger partial charge in [0.1, 0.15) is 9.88 Å². The number of carbonyl (C=O) groups is 1. The van der Waals surface area contributed by atoms with Crippen molar-refractivity contribution in [2.75, 3.05) is 13.2 Å². The number of rotatable bonds is 5. The third kappa shape index (κ3) is 3.08. The van der Waals surface area contributed by atoms with Crippen LogP contribution in [0.1, 0.15) is 29.2 Å². The fourth-order valence-electron chi connectivity index (χ4n) is 1.94. The van der Waals surface area contributed by atoms with Crippen LogP contribution in [-0.2, 0) is 0 Å². The van der Waals surface area contributed by atoms with E-state index in [1.165, 1.54) is 11.3 Å². The zero-order chi connectivity index (χ0) is 14.7. The van der Waals surface area contributed by atoms with E-state index in [4.69, 9.17) is 5.11 Å². The third-order valence-electron chi connectivity index (χ3n) is 2.98. The Morgan fingerprint density at radius 3 is 2.80 bits per heavy atom. The fourth-order valence-corrected chi connectivity index (χ4v) is 3.67. The lowest BCUT2D eigenvalue weighted by Crippen LogP contribution is -2.38. The van der Waals surface area contributed by atoms with Gasteiger partial charge in [-0.2, -0.15) is 11.3 Å². The van der Waals surface area contributed by atoms with Gasteiger partial charge in [0.15, 0.2) is 0 Å². The van der Waals surface area contributed by atoms with Crippen molar-refractivity contribution in [2.24, 2.45) is 0 Å². The molecule has 0 aliphatic heterocycles. The summed E-state index contributed by atoms with van der Waals surface area (Å²) in [6, 6.07) is 2.06. The highest BCUT2D eigenvalue weighted by Gasteiger charge is 2.23. The summed E-state index contributed by atoms with van der Waals surface area (Å²) in [6.45, 7) is 6.07. The molecule has 0 aliphatic carbocycles. The highest BCUT2D eigenvalue weighted by atomic mass is 32.1. The van der Waals surface area contributed by atoms with Crippen LogP contribution >= 0.6 is 22.7 Å². The van der Waals surface area contributed by atoms with E-state index < -0.39 is 0 Å². The Hall–Kier alpha value is -1.24. The van der Waals surface area contributed by atoms with E-state index in [0.717, 1.165) is 16.3 Å². The first-order valence-electron chi connectivity index (χ1n) is 6.46. The van der Waals surface area contributed by atoms with E-state index in [0.29, 0.717) is 11.4 Å². The number of aliphatic hydroxyl groups is 1. The number of aryl methyl sites for hydroxylation is 1. The molecule has 1 amide bonds. The fraction of sp³-hybridized carbons (Fsp3) is 0.429. The normalized spacial score (nSPS) is 11.1. The smallest absolute Gasteiger partial charge is 0.266 e. The Labute approximate surface area is 126 Å². The molecule has 6 heteroatoms. The summed E-state index contributed by atoms with van der Waals surface area (Å²) in [7, 11) is 0. The first kappa shape index (κ1) is 15.2. The van der Waals surface area contributed by atoms with Crippen molar-refractivity contribution in [1.29, 1.82) is 0 Å². The molecule has 108 valence electrons. The molecule has 1 N–H and O–H groups in total. The standard InChI is InChI=1S/C14H18N2O2S2/c1-9(2)16(5-6-17)14(18)12-10(3)15-13(20-12)11-4-7-19-8-11/h4,7-9,17H,5-6H2,1-3H3. The van der Waals surface area contributed by atoms with Crippen molar-refractivity contribution in [3.63, 3.8) is 0 Å². The Kier molecular flexibility index (Phi) is 4.91. The van der Waals surface area contributed by atoms with Crippen LogP contribution in [0.5, 0.6) is 0 Å². The average molecular weight is 310 g/mol. The molecule has 2 heterocycles. The molecule has 2 aromatic heterocycles. The zero-order valence-electron chi connectivity index (χ0n) is 11.8. The topological polar surface area (TPSA) is 53.4 Å². The van der Waals surface area contributed by atoms with Crippen LogP contribution < -0.4 is 0 Å². The molecule has 20 heavy (non-hydrogen) atoms. The molecule has 0 aromatic carbocycles. The molecule has 0 radical (unpaired) electrons. The molecule has 0 saturated heterocycles. The molecular weight excluding hydrogens is 292 g/mol. The summed E-state index contributed by atoms with van der Waals surface area (Å²) in [5, 5.41) is 14.0. The summed E-state index contributed by atoms with van der Waals surface area (Å²) in [5.41, 5.74) is 1.81. The number of aliphatic hydroxyl groups excluding tert-OH is 1. The lowest BCUT2D eigenvalue weighted by Gasteiger charge is -2.25. The van der Waals surface area contributed by atoms with Gasteiger partial charge in [0, 0.05) is 23.5 Å². The molecule has 0 atom stereocenters. The average Bonchev–Trinajstić information content (AvgIpc) is 3.03. The van der Waals surface area contributed by atoms with Crippen LogP contribution in [0.4, 0.5) is 0 Å². The van der Waals surface area contributed by atoms with Crippen molar-refractivity contribution in [2.45, 2.75) is 26.8 Å². The van der Waals surface area contributed by atoms with Gasteiger partial charge in [0.25, 0.3) is 5.91 Å². The van der Waals surface area contributed by atoms with E-state index >= 15 is 0 Å². The van der Waals surface area contributed by atoms with Gasteiger partial charge in [0.05, 0.1) is 12.3 Å². The summed E-state index contributed by atoms with van der Waals surface area (Å²) in [5.74, 6) is -0.0504. The van der Waals surface area contributed by atoms with E-state index in [9.17, 15) is 4.79 Å². The number of thiophene rings is 1. The van der Waals surface area contributed by atoms with Crippen molar-refractivity contribution in [3.8, 4) is 10.6 Å². The zero-order valence-corrected chi connectivity index (χ0v) is 13.4. The minimum Gasteiger partial charge on any atom is -0.395 e. The lowest BCUT2D eigenvalue weighted by molar-refractivity contribution is 0.0669. The van der Waals surface area contributed by atoms with Crippen LogP contribution in [-0.4, -0.2) is 40.1 Å². The second-order valence-electron chi connectivity index (χ2n) is 4.76. The number of hydrogen-bond acceptors (Lipinski definition) is 5. The minimum atomic E-state index is -0.0504. The number of amides is 1. The van der Waals surface area contributed by atoms with Crippen LogP contribution in [0.25, 0.3) is 10.6 Å². The number of thiazole rings is 1. The van der Waals surface area contributed by atoms with Gasteiger partial charge >= 0.3 is 0 Å². The third-order valence-corrected chi connectivity index (χ3v) is 4.86. The molecule has 2 rings (SSSR count). The molecule has 2 aromatic rings. The van der Waals surface area contributed by atoms with Crippen LogP contribution in [0.3, 0.4) is 0 Å². The van der Waals surface area contributed by atoms with Gasteiger partial charge < -0.3 is 10.0 Å². The summed E-state index contributed by atoms with van der Waals surface area (Å²) in [4.78, 5) is 19.4. The molecular formula is C14H18N2O2S2. The molecule has 0 saturated carbocycles. The van der Waals surface area contributed by atoms with Gasteiger partial charge in [-0.25, -0.2) is 4.98 Å². The van der Waals surface area contributed by atoms with Gasteiger partial charge in [-0.1, -0.05) is 0 Å². The molecule has 4 nitrogen and oxygen atoms in total. The first-order valence-corrected chi connectivity index (χ1v) is 8.22. The van der Waals surface area contributed by atoms with Crippen LogP contribution in [0, 0.1) is 6.92 Å². The molecule has 0 spiro atoms. The molecule has 0 unspecified atom stereocenters. The summed E-state index contributed by atoms with van der Waals surface area (Å²) < 4.78 is 0. The SMILES string of the molecule is Cc1nc(-c2ccsc2)sc1C(=O)N(CCO)C(C)C. The Bertz CT molecular complexity index is 576. The number of hydrogen-bond donors (Lipinski definition) is 1. The number of nitrogens with zero attached hydrogens (tertiary/aromatic N) is 2. The highest BCUT2D eigenvalue weighted by Crippen LogP contribution is 2.30. The van der Waals surface area contributed by atoms with Crippen molar-refractivity contribution in [3.05, 3.63) is 27.4 Å². The minimum absolute atomic E-state index is 0.0286. The molecule has 0 bridgehead atoms. The van der Waals surface area contributed by atoms with Gasteiger partial charge in [-0.05, 0) is 32.2 Å². The molecule has 0 fully saturated rings. The summed E-state index contributed by atoms with van der Waals surface area (Å²) >= 11 is 3.04. The van der Waals surface area contributed by atoms with Gasteiger partial charge in [-0.15, -0.1) is 11.3 Å². The van der Waals surface area contributed by atoms with E-state index in [1.807, 2.05) is 37.6 Å². The predicted octanol–water partition coefficient (Wildman–Crippen LogP) is 3.02. The maximum atomic E-state index is 12.6.